The van der Waals surface area contributed by atoms with Crippen molar-refractivity contribution in [2.24, 2.45) is 0 Å². The Bertz CT molecular complexity index is 1080. The Morgan fingerprint density at radius 1 is 1.28 bits per heavy atom. The second-order valence-corrected chi connectivity index (χ2v) is 10.9. The first-order valence-electron chi connectivity index (χ1n) is 10.8. The summed E-state index contributed by atoms with van der Waals surface area (Å²) in [6.45, 7) is 7.15. The van der Waals surface area contributed by atoms with Crippen LogP contribution in [0.15, 0.2) is 35.2 Å². The van der Waals surface area contributed by atoms with Crippen molar-refractivity contribution >= 4 is 27.5 Å². The smallest absolute Gasteiger partial charge is 0.229 e. The summed E-state index contributed by atoms with van der Waals surface area (Å²) in [5.74, 6) is 0.147. The molecule has 3 rings (SSSR count). The number of carbonyl (C=O) groups is 2. The second-order valence-electron chi connectivity index (χ2n) is 8.40. The van der Waals surface area contributed by atoms with Crippen LogP contribution in [0.5, 0.6) is 0 Å². The van der Waals surface area contributed by atoms with Crippen molar-refractivity contribution < 1.29 is 18.0 Å². The van der Waals surface area contributed by atoms with Crippen molar-refractivity contribution in [1.29, 1.82) is 0 Å². The van der Waals surface area contributed by atoms with Crippen LogP contribution in [0.25, 0.3) is 0 Å². The highest BCUT2D eigenvalue weighted by Gasteiger charge is 2.28. The number of nitrogens with zero attached hydrogens (tertiary/aromatic N) is 2. The Hall–Kier alpha value is -2.72. The number of anilines is 1. The number of aryl methyl sites for hydroxylation is 1. The first-order chi connectivity index (χ1) is 15.1. The molecule has 0 bridgehead atoms. The molecule has 1 aromatic carbocycles. The third-order valence-corrected chi connectivity index (χ3v) is 7.54. The molecular weight excluding hydrogens is 430 g/mol. The predicted octanol–water partition coefficient (Wildman–Crippen LogP) is 2.29. The van der Waals surface area contributed by atoms with Crippen molar-refractivity contribution in [3.05, 3.63) is 41.6 Å². The fraction of sp³-hybridized carbons (Fsp3) is 0.500. The average Bonchev–Trinajstić information content (AvgIpc) is 3.08. The second kappa shape index (κ2) is 9.83. The summed E-state index contributed by atoms with van der Waals surface area (Å²) >= 11 is 0. The zero-order valence-corrected chi connectivity index (χ0v) is 19.7. The lowest BCUT2D eigenvalue weighted by Gasteiger charge is -2.32. The lowest BCUT2D eigenvalue weighted by Crippen LogP contribution is -2.53. The maximum absolute atomic E-state index is 12.7. The molecule has 1 aliphatic rings. The Morgan fingerprint density at radius 3 is 2.59 bits per heavy atom. The lowest BCUT2D eigenvalue weighted by molar-refractivity contribution is -0.125. The van der Waals surface area contributed by atoms with E-state index in [0.29, 0.717) is 23.5 Å². The molecule has 10 heteroatoms. The van der Waals surface area contributed by atoms with Gasteiger partial charge in [-0.05, 0) is 44.9 Å². The number of hydrogen-bond donors (Lipinski definition) is 3. The highest BCUT2D eigenvalue weighted by molar-refractivity contribution is 7.92. The molecule has 3 N–H and O–H groups in total. The van der Waals surface area contributed by atoms with Gasteiger partial charge in [-0.2, -0.15) is 5.10 Å². The van der Waals surface area contributed by atoms with E-state index in [-0.39, 0.29) is 29.2 Å². The summed E-state index contributed by atoms with van der Waals surface area (Å²) < 4.78 is 26.1. The van der Waals surface area contributed by atoms with E-state index in [0.717, 1.165) is 12.8 Å². The molecule has 0 aliphatic carbocycles. The van der Waals surface area contributed by atoms with E-state index < -0.39 is 21.4 Å². The molecule has 0 spiro atoms. The van der Waals surface area contributed by atoms with Gasteiger partial charge in [0.2, 0.25) is 11.8 Å². The van der Waals surface area contributed by atoms with Gasteiger partial charge in [0.15, 0.2) is 16.1 Å². The monoisotopic (exact) mass is 461 g/mol. The van der Waals surface area contributed by atoms with Gasteiger partial charge in [-0.15, -0.1) is 0 Å². The predicted molar refractivity (Wildman–Crippen MR) is 122 cm³/mol. The van der Waals surface area contributed by atoms with Gasteiger partial charge in [-0.1, -0.05) is 25.5 Å². The Morgan fingerprint density at radius 2 is 1.97 bits per heavy atom. The summed E-state index contributed by atoms with van der Waals surface area (Å²) in [4.78, 5) is 25.0. The van der Waals surface area contributed by atoms with E-state index in [1.165, 1.54) is 12.1 Å². The standard InChI is InChI=1S/C22H31N5O4S/c1-5-6-17-13-21(29)25-22(23-17)27-19(11-15(4)26-27)24-20(28)12-16-7-9-18(10-8-16)32(30,31)14(2)3/h7-11,14,17,22-23H,5-6,12-13H2,1-4H3,(H,24,28)(H,25,29). The van der Waals surface area contributed by atoms with Crippen LogP contribution in [0.3, 0.4) is 0 Å². The number of nitrogens with one attached hydrogen (secondary N) is 3. The Balaban J connectivity index is 1.70. The normalized spacial score (nSPS) is 19.1. The maximum Gasteiger partial charge on any atom is 0.229 e. The van der Waals surface area contributed by atoms with Crippen LogP contribution in [0.2, 0.25) is 0 Å². The number of aromatic nitrogens is 2. The van der Waals surface area contributed by atoms with Gasteiger partial charge in [0.05, 0.1) is 22.3 Å². The van der Waals surface area contributed by atoms with Crippen LogP contribution in [0.4, 0.5) is 5.82 Å². The van der Waals surface area contributed by atoms with E-state index in [1.807, 2.05) is 6.92 Å². The zero-order chi connectivity index (χ0) is 23.5. The topological polar surface area (TPSA) is 122 Å². The number of carbonyl (C=O) groups excluding carboxylic acids is 2. The van der Waals surface area contributed by atoms with Crippen molar-refractivity contribution in [2.45, 2.75) is 75.9 Å². The van der Waals surface area contributed by atoms with Crippen molar-refractivity contribution in [1.82, 2.24) is 20.4 Å². The minimum Gasteiger partial charge on any atom is -0.322 e. The molecule has 1 saturated heterocycles. The molecule has 0 saturated carbocycles. The van der Waals surface area contributed by atoms with Crippen LogP contribution in [-0.4, -0.2) is 41.3 Å². The Kier molecular flexibility index (Phi) is 7.35. The molecule has 0 radical (unpaired) electrons. The number of sulfone groups is 1. The van der Waals surface area contributed by atoms with Gasteiger partial charge in [0, 0.05) is 18.5 Å². The summed E-state index contributed by atoms with van der Waals surface area (Å²) in [6.07, 6.45) is 1.77. The summed E-state index contributed by atoms with van der Waals surface area (Å²) in [6, 6.07) is 8.15. The van der Waals surface area contributed by atoms with Gasteiger partial charge < -0.3 is 10.6 Å². The molecule has 174 valence electrons. The molecule has 2 unspecified atom stereocenters. The first kappa shape index (κ1) is 23.9. The number of rotatable bonds is 8. The SMILES string of the molecule is CCCC1CC(=O)NC(n2nc(C)cc2NC(=O)Cc2ccc(S(=O)(=O)C(C)C)cc2)N1. The maximum atomic E-state index is 12.7. The molecule has 2 heterocycles. The minimum atomic E-state index is -3.35. The summed E-state index contributed by atoms with van der Waals surface area (Å²) in [5, 5.41) is 13.0. The molecule has 2 aromatic rings. The lowest BCUT2D eigenvalue weighted by atomic mass is 10.1. The first-order valence-corrected chi connectivity index (χ1v) is 12.4. The van der Waals surface area contributed by atoms with Crippen molar-refractivity contribution in [3.63, 3.8) is 0 Å². The molecule has 9 nitrogen and oxygen atoms in total. The van der Waals surface area contributed by atoms with Crippen LogP contribution in [0, 0.1) is 6.92 Å². The van der Waals surface area contributed by atoms with E-state index in [4.69, 9.17) is 0 Å². The molecule has 32 heavy (non-hydrogen) atoms. The largest absolute Gasteiger partial charge is 0.322 e. The summed E-state index contributed by atoms with van der Waals surface area (Å²) in [5.41, 5.74) is 1.40. The molecule has 1 aliphatic heterocycles. The quantitative estimate of drug-likeness (QED) is 0.554. The van der Waals surface area contributed by atoms with E-state index in [2.05, 4.69) is 28.0 Å². The van der Waals surface area contributed by atoms with Gasteiger partial charge >= 0.3 is 0 Å². The molecule has 1 aromatic heterocycles. The van der Waals surface area contributed by atoms with Crippen LogP contribution in [-0.2, 0) is 25.8 Å². The average molecular weight is 462 g/mol. The van der Waals surface area contributed by atoms with Crippen LogP contribution < -0.4 is 16.0 Å². The van der Waals surface area contributed by atoms with Gasteiger partial charge in [-0.25, -0.2) is 13.1 Å². The number of hydrogen-bond acceptors (Lipinski definition) is 6. The van der Waals surface area contributed by atoms with Crippen molar-refractivity contribution in [3.8, 4) is 0 Å². The molecule has 2 atom stereocenters. The summed E-state index contributed by atoms with van der Waals surface area (Å²) in [7, 11) is -3.35. The highest BCUT2D eigenvalue weighted by atomic mass is 32.2. The van der Waals surface area contributed by atoms with E-state index in [9.17, 15) is 18.0 Å². The Labute approximate surface area is 188 Å². The highest BCUT2D eigenvalue weighted by Crippen LogP contribution is 2.20. The molecule has 1 fully saturated rings. The zero-order valence-electron chi connectivity index (χ0n) is 18.9. The fourth-order valence-electron chi connectivity index (χ4n) is 3.67. The van der Waals surface area contributed by atoms with E-state index >= 15 is 0 Å². The third kappa shape index (κ3) is 5.55. The molecular formula is C22H31N5O4S. The van der Waals surface area contributed by atoms with Crippen molar-refractivity contribution in [2.75, 3.05) is 5.32 Å². The third-order valence-electron chi connectivity index (χ3n) is 5.37. The number of amides is 2. The fourth-order valence-corrected chi connectivity index (χ4v) is 4.73. The van der Waals surface area contributed by atoms with Gasteiger partial charge in [0.25, 0.3) is 0 Å². The van der Waals surface area contributed by atoms with Gasteiger partial charge in [-0.3, -0.25) is 14.9 Å². The van der Waals surface area contributed by atoms with Crippen LogP contribution in [0.1, 0.15) is 57.6 Å². The minimum absolute atomic E-state index is 0.0486. The number of benzene rings is 1. The van der Waals surface area contributed by atoms with Gasteiger partial charge in [0.1, 0.15) is 5.82 Å². The van der Waals surface area contributed by atoms with Crippen LogP contribution >= 0.6 is 0 Å². The van der Waals surface area contributed by atoms with E-state index in [1.54, 1.807) is 36.7 Å². The molecule has 2 amide bonds.